The lowest BCUT2D eigenvalue weighted by Gasteiger charge is -2.23. The second kappa shape index (κ2) is 2.29. The largest absolute Gasteiger partial charge is 0.195 e. The van der Waals surface area contributed by atoms with Crippen molar-refractivity contribution in [1.82, 2.24) is 3.71 Å². The Morgan fingerprint density at radius 3 is 1.29 bits per heavy atom. The van der Waals surface area contributed by atoms with Crippen LogP contribution in [0.4, 0.5) is 0 Å². The number of hydrogen-bond donors (Lipinski definition) is 2. The zero-order chi connectivity index (χ0) is 6.08. The summed E-state index contributed by atoms with van der Waals surface area (Å²) >= 11 is 7.95. The van der Waals surface area contributed by atoms with E-state index < -0.39 is 0 Å². The molecule has 0 rings (SSSR count). The highest BCUT2D eigenvalue weighted by atomic mass is 32.2. The molecule has 0 aliphatic rings. The predicted octanol–water partition coefficient (Wildman–Crippen LogP) is 1.78. The molecule has 0 heterocycles. The number of hydrogen-bond acceptors (Lipinski definition) is 3. The van der Waals surface area contributed by atoms with Gasteiger partial charge in [0.05, 0.1) is 0 Å². The van der Waals surface area contributed by atoms with E-state index in [0.29, 0.717) is 0 Å². The maximum absolute atomic E-state index is 3.98. The Kier molecular flexibility index (Phi) is 2.50. The summed E-state index contributed by atoms with van der Waals surface area (Å²) in [6.45, 7) is 6.10. The molecule has 0 aliphatic carbocycles. The molecule has 0 saturated heterocycles. The van der Waals surface area contributed by atoms with Gasteiger partial charge in [0, 0.05) is 5.54 Å². The first-order chi connectivity index (χ1) is 2.94. The minimum absolute atomic E-state index is 0.0617. The van der Waals surface area contributed by atoms with E-state index in [4.69, 9.17) is 0 Å². The fourth-order valence-electron chi connectivity index (χ4n) is 0. The molecular weight excluding hydrogens is 126 g/mol. The minimum atomic E-state index is 0.0617. The van der Waals surface area contributed by atoms with Crippen LogP contribution in [0.25, 0.3) is 0 Å². The molecule has 0 fully saturated rings. The highest BCUT2D eigenvalue weighted by Crippen LogP contribution is 2.16. The highest BCUT2D eigenvalue weighted by Gasteiger charge is 2.13. The summed E-state index contributed by atoms with van der Waals surface area (Å²) < 4.78 is 1.58. The van der Waals surface area contributed by atoms with Crippen molar-refractivity contribution in [2.45, 2.75) is 26.3 Å². The van der Waals surface area contributed by atoms with Gasteiger partial charge in [0.25, 0.3) is 0 Å². The molecule has 0 saturated carbocycles. The second-order valence-corrected chi connectivity index (χ2v) is 3.58. The maximum Gasteiger partial charge on any atom is 0.0336 e. The molecule has 44 valence electrons. The normalized spacial score (nSPS) is 12.9. The zero-order valence-electron chi connectivity index (χ0n) is 4.84. The summed E-state index contributed by atoms with van der Waals surface area (Å²) in [5, 5.41) is 0. The van der Waals surface area contributed by atoms with Gasteiger partial charge < -0.3 is 0 Å². The lowest BCUT2D eigenvalue weighted by atomic mass is 10.1. The molecule has 0 amide bonds. The van der Waals surface area contributed by atoms with Gasteiger partial charge in [0.2, 0.25) is 0 Å². The zero-order valence-corrected chi connectivity index (χ0v) is 6.63. The van der Waals surface area contributed by atoms with E-state index in [2.05, 4.69) is 25.6 Å². The smallest absolute Gasteiger partial charge is 0.0336 e. The van der Waals surface area contributed by atoms with E-state index in [1.165, 1.54) is 0 Å². The average Bonchev–Trinajstić information content (AvgIpc) is 1.31. The van der Waals surface area contributed by atoms with Crippen molar-refractivity contribution < 1.29 is 0 Å². The summed E-state index contributed by atoms with van der Waals surface area (Å²) in [5.41, 5.74) is 0.0617. The second-order valence-electron chi connectivity index (χ2n) is 2.46. The maximum atomic E-state index is 3.98. The molecular formula is C4H11NS2. The Hall–Kier alpha value is 0.660. The van der Waals surface area contributed by atoms with Crippen LogP contribution in [-0.4, -0.2) is 9.25 Å². The monoisotopic (exact) mass is 137 g/mol. The lowest BCUT2D eigenvalue weighted by molar-refractivity contribution is 0.419. The molecule has 0 spiro atoms. The Morgan fingerprint density at radius 1 is 1.14 bits per heavy atom. The minimum Gasteiger partial charge on any atom is -0.195 e. The first kappa shape index (κ1) is 7.66. The Bertz CT molecular complexity index is 55.2. The van der Waals surface area contributed by atoms with E-state index in [0.717, 1.165) is 0 Å². The van der Waals surface area contributed by atoms with Crippen molar-refractivity contribution in [3.8, 4) is 0 Å². The van der Waals surface area contributed by atoms with Gasteiger partial charge in [-0.15, -0.1) is 0 Å². The van der Waals surface area contributed by atoms with Crippen molar-refractivity contribution in [1.29, 1.82) is 0 Å². The predicted molar refractivity (Wildman–Crippen MR) is 39.6 cm³/mol. The standard InChI is InChI=1S/C4H11NS2/c1-4(2,3)5(6)7/h6-7H,1-3H3. The van der Waals surface area contributed by atoms with Gasteiger partial charge in [-0.05, 0) is 20.8 Å². The fourth-order valence-corrected chi connectivity index (χ4v) is 0. The Morgan fingerprint density at radius 2 is 1.29 bits per heavy atom. The molecule has 0 bridgehead atoms. The van der Waals surface area contributed by atoms with Crippen LogP contribution in [0.15, 0.2) is 0 Å². The van der Waals surface area contributed by atoms with Gasteiger partial charge in [-0.2, -0.15) is 3.71 Å². The third-order valence-corrected chi connectivity index (χ3v) is 1.80. The first-order valence-corrected chi connectivity index (χ1v) is 2.92. The van der Waals surface area contributed by atoms with Gasteiger partial charge in [0.15, 0.2) is 0 Å². The molecule has 0 unspecified atom stereocenters. The molecule has 3 heteroatoms. The molecule has 0 aromatic heterocycles. The number of nitrogens with zero attached hydrogens (tertiary/aromatic N) is 1. The Labute approximate surface area is 56.2 Å². The van der Waals surface area contributed by atoms with Crippen molar-refractivity contribution in [2.24, 2.45) is 0 Å². The third-order valence-electron chi connectivity index (χ3n) is 0.600. The summed E-state index contributed by atoms with van der Waals surface area (Å²) in [6, 6.07) is 0. The van der Waals surface area contributed by atoms with E-state index in [-0.39, 0.29) is 5.54 Å². The quantitative estimate of drug-likeness (QED) is 0.481. The number of rotatable bonds is 0. The van der Waals surface area contributed by atoms with Crippen molar-refractivity contribution in [3.05, 3.63) is 0 Å². The van der Waals surface area contributed by atoms with Crippen LogP contribution in [0.2, 0.25) is 0 Å². The van der Waals surface area contributed by atoms with Crippen LogP contribution in [0.5, 0.6) is 0 Å². The SMILES string of the molecule is CC(C)(C)N(S)S. The topological polar surface area (TPSA) is 3.24 Å². The van der Waals surface area contributed by atoms with Crippen LogP contribution in [0.3, 0.4) is 0 Å². The molecule has 0 aromatic rings. The van der Waals surface area contributed by atoms with E-state index in [1.54, 1.807) is 3.71 Å². The van der Waals surface area contributed by atoms with Crippen LogP contribution >= 0.6 is 25.6 Å². The molecule has 1 nitrogen and oxygen atoms in total. The molecule has 0 aliphatic heterocycles. The molecule has 7 heavy (non-hydrogen) atoms. The van der Waals surface area contributed by atoms with Crippen LogP contribution in [0, 0.1) is 0 Å². The van der Waals surface area contributed by atoms with E-state index in [1.807, 2.05) is 20.8 Å². The van der Waals surface area contributed by atoms with Gasteiger partial charge in [0.1, 0.15) is 0 Å². The van der Waals surface area contributed by atoms with Crippen molar-refractivity contribution in [3.63, 3.8) is 0 Å². The van der Waals surface area contributed by atoms with Crippen LogP contribution < -0.4 is 0 Å². The highest BCUT2D eigenvalue weighted by molar-refractivity contribution is 7.93. The van der Waals surface area contributed by atoms with E-state index >= 15 is 0 Å². The van der Waals surface area contributed by atoms with Crippen LogP contribution in [-0.2, 0) is 0 Å². The molecule has 0 radical (unpaired) electrons. The molecule has 0 N–H and O–H groups in total. The lowest BCUT2D eigenvalue weighted by Crippen LogP contribution is -2.25. The molecule has 0 atom stereocenters. The van der Waals surface area contributed by atoms with E-state index in [9.17, 15) is 0 Å². The average molecular weight is 137 g/mol. The van der Waals surface area contributed by atoms with Gasteiger partial charge in [-0.3, -0.25) is 0 Å². The van der Waals surface area contributed by atoms with Crippen molar-refractivity contribution >= 4 is 25.6 Å². The third kappa shape index (κ3) is 3.26. The van der Waals surface area contributed by atoms with Gasteiger partial charge >= 0.3 is 0 Å². The number of thiol groups is 2. The van der Waals surface area contributed by atoms with Crippen molar-refractivity contribution in [2.75, 3.05) is 0 Å². The first-order valence-electron chi connectivity index (χ1n) is 2.12. The fraction of sp³-hybridized carbons (Fsp3) is 1.00. The summed E-state index contributed by atoms with van der Waals surface area (Å²) in [5.74, 6) is 0. The summed E-state index contributed by atoms with van der Waals surface area (Å²) in [4.78, 5) is 0. The summed E-state index contributed by atoms with van der Waals surface area (Å²) in [7, 11) is 0. The van der Waals surface area contributed by atoms with Gasteiger partial charge in [-0.1, -0.05) is 25.6 Å². The summed E-state index contributed by atoms with van der Waals surface area (Å²) in [6.07, 6.45) is 0. The van der Waals surface area contributed by atoms with Gasteiger partial charge in [-0.25, -0.2) is 0 Å². The molecule has 0 aromatic carbocycles. The van der Waals surface area contributed by atoms with Crippen LogP contribution in [0.1, 0.15) is 20.8 Å². The Balaban J connectivity index is 3.54.